The average molecular weight is 461 g/mol. The molecule has 1 N–H and O–H groups in total. The third kappa shape index (κ3) is 5.18. The van der Waals surface area contributed by atoms with Crippen molar-refractivity contribution in [3.05, 3.63) is 41.7 Å². The Morgan fingerprint density at radius 2 is 2.12 bits per heavy atom. The Balaban J connectivity index is 1.50. The normalized spacial score (nSPS) is 21.2. The SMILES string of the molecule is CCS(=O)(=O)c1cc2c(c(C(=O)NCC3CCCN3CC3=CCCCC3)c1)OC=CCO2. The molecular weight excluding hydrogens is 428 g/mol. The molecule has 0 bridgehead atoms. The zero-order valence-corrected chi connectivity index (χ0v) is 19.5. The number of sulfone groups is 1. The molecule has 8 heteroatoms. The topological polar surface area (TPSA) is 84.9 Å². The van der Waals surface area contributed by atoms with Crippen LogP contribution >= 0.6 is 0 Å². The van der Waals surface area contributed by atoms with Crippen LogP contribution in [-0.2, 0) is 9.84 Å². The molecule has 0 radical (unpaired) electrons. The van der Waals surface area contributed by atoms with Crippen molar-refractivity contribution < 1.29 is 22.7 Å². The maximum atomic E-state index is 13.2. The highest BCUT2D eigenvalue weighted by Gasteiger charge is 2.28. The lowest BCUT2D eigenvalue weighted by molar-refractivity contribution is 0.0938. The number of amides is 1. The summed E-state index contributed by atoms with van der Waals surface area (Å²) in [6, 6.07) is 3.11. The Hall–Kier alpha value is -2.32. The summed E-state index contributed by atoms with van der Waals surface area (Å²) in [6.45, 7) is 4.36. The number of hydrogen-bond donors (Lipinski definition) is 1. The first-order valence-electron chi connectivity index (χ1n) is 11.5. The number of nitrogens with zero attached hydrogens (tertiary/aromatic N) is 1. The molecule has 32 heavy (non-hydrogen) atoms. The highest BCUT2D eigenvalue weighted by molar-refractivity contribution is 7.91. The van der Waals surface area contributed by atoms with Gasteiger partial charge in [-0.25, -0.2) is 8.42 Å². The molecule has 3 aliphatic rings. The van der Waals surface area contributed by atoms with Gasteiger partial charge in [0.05, 0.1) is 22.5 Å². The summed E-state index contributed by atoms with van der Waals surface area (Å²) in [5, 5.41) is 3.02. The quantitative estimate of drug-likeness (QED) is 0.628. The van der Waals surface area contributed by atoms with Gasteiger partial charge in [-0.3, -0.25) is 9.69 Å². The van der Waals surface area contributed by atoms with Crippen LogP contribution in [0.5, 0.6) is 11.5 Å². The number of allylic oxidation sites excluding steroid dienone is 1. The van der Waals surface area contributed by atoms with E-state index in [1.165, 1.54) is 49.7 Å². The maximum Gasteiger partial charge on any atom is 0.255 e. The van der Waals surface area contributed by atoms with Gasteiger partial charge >= 0.3 is 0 Å². The van der Waals surface area contributed by atoms with E-state index >= 15 is 0 Å². The number of benzene rings is 1. The summed E-state index contributed by atoms with van der Waals surface area (Å²) >= 11 is 0. The highest BCUT2D eigenvalue weighted by Crippen LogP contribution is 2.36. The van der Waals surface area contributed by atoms with Gasteiger partial charge < -0.3 is 14.8 Å². The Bertz CT molecular complexity index is 1020. The minimum absolute atomic E-state index is 0.0567. The number of hydrogen-bond acceptors (Lipinski definition) is 6. The van der Waals surface area contributed by atoms with Crippen molar-refractivity contribution >= 4 is 15.7 Å². The lowest BCUT2D eigenvalue weighted by Crippen LogP contribution is -2.41. The average Bonchev–Trinajstić information content (AvgIpc) is 3.10. The molecule has 0 spiro atoms. The standard InChI is InChI=1S/C24H32N2O5S/c1-2-32(28,29)20-14-21(23-22(15-20)30-12-7-13-31-23)24(27)25-16-19-10-6-11-26(19)17-18-8-4-3-5-9-18/h7-8,13-15,19H,2-6,9-12,16-17H2,1H3,(H,25,27). The number of fused-ring (bicyclic) bond motifs is 1. The Morgan fingerprint density at radius 3 is 2.91 bits per heavy atom. The maximum absolute atomic E-state index is 13.2. The van der Waals surface area contributed by atoms with Crippen molar-refractivity contribution in [1.82, 2.24) is 10.2 Å². The molecule has 0 saturated carbocycles. The predicted octanol–water partition coefficient (Wildman–Crippen LogP) is 3.46. The molecule has 1 aromatic rings. The Labute approximate surface area is 190 Å². The smallest absolute Gasteiger partial charge is 0.255 e. The molecule has 4 rings (SSSR count). The molecule has 2 aliphatic heterocycles. The molecule has 1 saturated heterocycles. The summed E-state index contributed by atoms with van der Waals surface area (Å²) < 4.78 is 36.2. The molecule has 1 aliphatic carbocycles. The first-order chi connectivity index (χ1) is 15.5. The van der Waals surface area contributed by atoms with Gasteiger partial charge in [-0.05, 0) is 57.2 Å². The van der Waals surface area contributed by atoms with E-state index in [1.807, 2.05) is 0 Å². The van der Waals surface area contributed by atoms with Gasteiger partial charge in [0.25, 0.3) is 5.91 Å². The first kappa shape index (κ1) is 22.9. The summed E-state index contributed by atoms with van der Waals surface area (Å²) in [7, 11) is -3.51. The van der Waals surface area contributed by atoms with Crippen molar-refractivity contribution in [2.24, 2.45) is 0 Å². The zero-order chi connectivity index (χ0) is 22.6. The Morgan fingerprint density at radius 1 is 1.25 bits per heavy atom. The molecule has 1 amide bonds. The van der Waals surface area contributed by atoms with Crippen LogP contribution in [0.25, 0.3) is 0 Å². The van der Waals surface area contributed by atoms with E-state index in [0.29, 0.717) is 6.54 Å². The lowest BCUT2D eigenvalue weighted by atomic mass is 9.99. The molecule has 7 nitrogen and oxygen atoms in total. The van der Waals surface area contributed by atoms with Crippen LogP contribution in [0, 0.1) is 0 Å². The fourth-order valence-corrected chi connectivity index (χ4v) is 5.48. The third-order valence-electron chi connectivity index (χ3n) is 6.42. The summed E-state index contributed by atoms with van der Waals surface area (Å²) in [4.78, 5) is 15.7. The van der Waals surface area contributed by atoms with E-state index in [0.717, 1.165) is 25.9 Å². The van der Waals surface area contributed by atoms with Gasteiger partial charge in [-0.1, -0.05) is 18.6 Å². The second-order valence-electron chi connectivity index (χ2n) is 8.59. The molecule has 0 aromatic heterocycles. The van der Waals surface area contributed by atoms with Crippen molar-refractivity contribution in [2.45, 2.75) is 56.4 Å². The number of nitrogens with one attached hydrogen (secondary N) is 1. The van der Waals surface area contributed by atoms with Crippen LogP contribution in [0.3, 0.4) is 0 Å². The Kier molecular flexibility index (Phi) is 7.20. The first-order valence-corrected chi connectivity index (χ1v) is 13.2. The van der Waals surface area contributed by atoms with Crippen LogP contribution in [0.15, 0.2) is 41.0 Å². The van der Waals surface area contributed by atoms with Crippen LogP contribution in [0.4, 0.5) is 0 Å². The number of likely N-dealkylation sites (tertiary alicyclic amines) is 1. The molecule has 2 heterocycles. The summed E-state index contributed by atoms with van der Waals surface area (Å²) in [5.74, 6) is 0.110. The monoisotopic (exact) mass is 460 g/mol. The molecule has 1 aromatic carbocycles. The van der Waals surface area contributed by atoms with E-state index in [9.17, 15) is 13.2 Å². The number of ether oxygens (including phenoxy) is 2. The van der Waals surface area contributed by atoms with E-state index in [2.05, 4.69) is 16.3 Å². The molecule has 174 valence electrons. The van der Waals surface area contributed by atoms with Crippen molar-refractivity contribution in [3.8, 4) is 11.5 Å². The summed E-state index contributed by atoms with van der Waals surface area (Å²) in [5.41, 5.74) is 1.69. The van der Waals surface area contributed by atoms with E-state index in [-0.39, 0.29) is 46.3 Å². The number of carbonyl (C=O) groups is 1. The van der Waals surface area contributed by atoms with Crippen LogP contribution in [0.2, 0.25) is 0 Å². The minimum atomic E-state index is -3.51. The van der Waals surface area contributed by atoms with E-state index in [1.54, 1.807) is 13.0 Å². The zero-order valence-electron chi connectivity index (χ0n) is 18.6. The lowest BCUT2D eigenvalue weighted by Gasteiger charge is -2.27. The summed E-state index contributed by atoms with van der Waals surface area (Å²) in [6.07, 6.45) is 12.6. The van der Waals surface area contributed by atoms with Crippen LogP contribution in [0.1, 0.15) is 55.8 Å². The van der Waals surface area contributed by atoms with Gasteiger partial charge in [0.2, 0.25) is 0 Å². The second kappa shape index (κ2) is 10.1. The number of rotatable bonds is 7. The second-order valence-corrected chi connectivity index (χ2v) is 10.9. The van der Waals surface area contributed by atoms with Gasteiger partial charge in [0, 0.05) is 25.2 Å². The predicted molar refractivity (Wildman–Crippen MR) is 123 cm³/mol. The van der Waals surface area contributed by atoms with Crippen LogP contribution < -0.4 is 14.8 Å². The van der Waals surface area contributed by atoms with E-state index < -0.39 is 9.84 Å². The number of carbonyl (C=O) groups excluding carboxylic acids is 1. The fraction of sp³-hybridized carbons (Fsp3) is 0.542. The van der Waals surface area contributed by atoms with Gasteiger partial charge in [-0.2, -0.15) is 0 Å². The highest BCUT2D eigenvalue weighted by atomic mass is 32.2. The molecule has 1 fully saturated rings. The largest absolute Gasteiger partial charge is 0.485 e. The molecular formula is C24H32N2O5S. The van der Waals surface area contributed by atoms with Gasteiger partial charge in [-0.15, -0.1) is 0 Å². The van der Waals surface area contributed by atoms with Crippen molar-refractivity contribution in [2.75, 3.05) is 32.0 Å². The minimum Gasteiger partial charge on any atom is -0.485 e. The van der Waals surface area contributed by atoms with Gasteiger partial charge in [0.1, 0.15) is 6.61 Å². The van der Waals surface area contributed by atoms with Crippen molar-refractivity contribution in [3.63, 3.8) is 0 Å². The van der Waals surface area contributed by atoms with E-state index in [4.69, 9.17) is 9.47 Å². The van der Waals surface area contributed by atoms with Crippen molar-refractivity contribution in [1.29, 1.82) is 0 Å². The van der Waals surface area contributed by atoms with Gasteiger partial charge in [0.15, 0.2) is 21.3 Å². The fourth-order valence-electron chi connectivity index (χ4n) is 4.56. The molecule has 1 unspecified atom stereocenters. The van der Waals surface area contributed by atoms with Crippen LogP contribution in [-0.4, -0.2) is 57.3 Å². The third-order valence-corrected chi connectivity index (χ3v) is 8.13. The molecule has 1 atom stereocenters.